The third kappa shape index (κ3) is 5.24. The fraction of sp³-hybridized carbons (Fsp3) is 0.211. The second-order valence-corrected chi connectivity index (χ2v) is 7.80. The molecule has 2 aromatic rings. The number of benzene rings is 2. The van der Waals surface area contributed by atoms with E-state index in [2.05, 4.69) is 57.2 Å². The lowest BCUT2D eigenvalue weighted by Crippen LogP contribution is -2.06. The van der Waals surface area contributed by atoms with Gasteiger partial charge in [0.05, 0.1) is 0 Å². The topological polar surface area (TPSA) is 17.1 Å². The molecule has 2 aromatic carbocycles. The van der Waals surface area contributed by atoms with Crippen LogP contribution in [0.2, 0.25) is 0 Å². The summed E-state index contributed by atoms with van der Waals surface area (Å²) < 4.78 is 0.234. The first-order valence-corrected chi connectivity index (χ1v) is 7.80. The Balaban J connectivity index is 2.05. The average Bonchev–Trinajstić information content (AvgIpc) is 2.45. The van der Waals surface area contributed by atoms with Crippen molar-refractivity contribution in [1.82, 2.24) is 0 Å². The maximum Gasteiger partial charge on any atom is 0.150 e. The van der Waals surface area contributed by atoms with Gasteiger partial charge in [0, 0.05) is 15.2 Å². The van der Waals surface area contributed by atoms with Crippen LogP contribution in [0.3, 0.4) is 0 Å². The number of carbonyl (C=O) groups is 1. The first kappa shape index (κ1) is 15.6. The molecule has 108 valence electrons. The molecule has 0 fully saturated rings. The van der Waals surface area contributed by atoms with Gasteiger partial charge in [-0.3, -0.25) is 4.79 Å². The molecule has 0 saturated heterocycles. The zero-order valence-corrected chi connectivity index (χ0v) is 13.5. The van der Waals surface area contributed by atoms with Crippen LogP contribution in [0.1, 0.15) is 42.3 Å². The predicted octanol–water partition coefficient (Wildman–Crippen LogP) is 5.56. The van der Waals surface area contributed by atoms with Crippen molar-refractivity contribution in [1.29, 1.82) is 0 Å². The average molecular weight is 296 g/mol. The highest BCUT2D eigenvalue weighted by molar-refractivity contribution is 8.00. The van der Waals surface area contributed by atoms with Crippen LogP contribution >= 0.6 is 11.8 Å². The number of thioether (sulfide) groups is 1. The zero-order valence-electron chi connectivity index (χ0n) is 12.7. The van der Waals surface area contributed by atoms with Gasteiger partial charge in [0.15, 0.2) is 0 Å². The van der Waals surface area contributed by atoms with Crippen LogP contribution in [-0.4, -0.2) is 11.0 Å². The standard InChI is InChI=1S/C19H20OS/c1-19(2,3)21-18-12-10-16(11-13-18)5-4-15-6-8-17(14-20)9-7-15/h4-14H,1-3H3/b5-4+. The molecule has 0 radical (unpaired) electrons. The van der Waals surface area contributed by atoms with E-state index in [0.29, 0.717) is 5.56 Å². The molecule has 0 aromatic heterocycles. The largest absolute Gasteiger partial charge is 0.298 e. The van der Waals surface area contributed by atoms with Crippen molar-refractivity contribution < 1.29 is 4.79 Å². The molecule has 0 bridgehead atoms. The second kappa shape index (κ2) is 6.77. The first-order valence-electron chi connectivity index (χ1n) is 6.99. The Bertz CT molecular complexity index is 616. The van der Waals surface area contributed by atoms with E-state index < -0.39 is 0 Å². The summed E-state index contributed by atoms with van der Waals surface area (Å²) in [6.45, 7) is 6.65. The maximum atomic E-state index is 10.6. The molecule has 0 N–H and O–H groups in total. The summed E-state index contributed by atoms with van der Waals surface area (Å²) in [7, 11) is 0. The molecular weight excluding hydrogens is 276 g/mol. The molecular formula is C19H20OS. The van der Waals surface area contributed by atoms with Crippen LogP contribution in [0.4, 0.5) is 0 Å². The highest BCUT2D eigenvalue weighted by Crippen LogP contribution is 2.31. The zero-order chi connectivity index (χ0) is 15.3. The van der Waals surface area contributed by atoms with Crippen molar-refractivity contribution >= 4 is 30.2 Å². The number of hydrogen-bond acceptors (Lipinski definition) is 2. The fourth-order valence-electron chi connectivity index (χ4n) is 1.88. The summed E-state index contributed by atoms with van der Waals surface area (Å²) >= 11 is 1.87. The van der Waals surface area contributed by atoms with Crippen molar-refractivity contribution in [3.63, 3.8) is 0 Å². The summed E-state index contributed by atoms with van der Waals surface area (Å²) in [5.41, 5.74) is 2.97. The van der Waals surface area contributed by atoms with Crippen LogP contribution < -0.4 is 0 Å². The molecule has 1 nitrogen and oxygen atoms in total. The van der Waals surface area contributed by atoms with Gasteiger partial charge in [-0.1, -0.05) is 69.3 Å². The normalized spacial score (nSPS) is 11.8. The SMILES string of the molecule is CC(C)(C)Sc1ccc(/C=C/c2ccc(C=O)cc2)cc1. The number of aldehydes is 1. The van der Waals surface area contributed by atoms with E-state index in [1.807, 2.05) is 36.0 Å². The molecule has 2 rings (SSSR count). The highest BCUT2D eigenvalue weighted by atomic mass is 32.2. The Morgan fingerprint density at radius 1 is 0.762 bits per heavy atom. The molecule has 0 aliphatic rings. The van der Waals surface area contributed by atoms with Crippen LogP contribution in [-0.2, 0) is 0 Å². The van der Waals surface area contributed by atoms with E-state index in [9.17, 15) is 4.79 Å². The molecule has 0 aliphatic carbocycles. The third-order valence-corrected chi connectivity index (χ3v) is 3.97. The minimum absolute atomic E-state index is 0.234. The Morgan fingerprint density at radius 3 is 1.62 bits per heavy atom. The van der Waals surface area contributed by atoms with Crippen LogP contribution in [0, 0.1) is 0 Å². The van der Waals surface area contributed by atoms with Crippen molar-refractivity contribution in [2.45, 2.75) is 30.4 Å². The molecule has 0 saturated carbocycles. The molecule has 0 amide bonds. The van der Waals surface area contributed by atoms with Crippen molar-refractivity contribution in [2.75, 3.05) is 0 Å². The van der Waals surface area contributed by atoms with E-state index >= 15 is 0 Å². The van der Waals surface area contributed by atoms with Crippen LogP contribution in [0.5, 0.6) is 0 Å². The molecule has 0 spiro atoms. The summed E-state index contributed by atoms with van der Waals surface area (Å²) in [6, 6.07) is 16.1. The Morgan fingerprint density at radius 2 is 1.19 bits per heavy atom. The van der Waals surface area contributed by atoms with Gasteiger partial charge in [-0.15, -0.1) is 11.8 Å². The van der Waals surface area contributed by atoms with Gasteiger partial charge < -0.3 is 0 Å². The van der Waals surface area contributed by atoms with Crippen molar-refractivity contribution in [3.05, 3.63) is 65.2 Å². The smallest absolute Gasteiger partial charge is 0.150 e. The monoisotopic (exact) mass is 296 g/mol. The highest BCUT2D eigenvalue weighted by Gasteiger charge is 2.11. The van der Waals surface area contributed by atoms with E-state index in [1.165, 1.54) is 10.5 Å². The van der Waals surface area contributed by atoms with E-state index in [0.717, 1.165) is 11.8 Å². The molecule has 0 unspecified atom stereocenters. The summed E-state index contributed by atoms with van der Waals surface area (Å²) in [5, 5.41) is 0. The molecule has 21 heavy (non-hydrogen) atoms. The number of hydrogen-bond donors (Lipinski definition) is 0. The second-order valence-electron chi connectivity index (χ2n) is 5.90. The van der Waals surface area contributed by atoms with E-state index in [1.54, 1.807) is 0 Å². The van der Waals surface area contributed by atoms with Gasteiger partial charge in [-0.05, 0) is 23.3 Å². The summed E-state index contributed by atoms with van der Waals surface area (Å²) in [5.74, 6) is 0. The van der Waals surface area contributed by atoms with Gasteiger partial charge in [0.25, 0.3) is 0 Å². The Kier molecular flexibility index (Phi) is 5.03. The minimum atomic E-state index is 0.234. The Labute approximate surface area is 131 Å². The fourth-order valence-corrected chi connectivity index (χ4v) is 2.86. The van der Waals surface area contributed by atoms with Crippen molar-refractivity contribution in [3.8, 4) is 0 Å². The van der Waals surface area contributed by atoms with Gasteiger partial charge >= 0.3 is 0 Å². The number of carbonyl (C=O) groups excluding carboxylic acids is 1. The lowest BCUT2D eigenvalue weighted by molar-refractivity contribution is 0.112. The molecule has 0 heterocycles. The summed E-state index contributed by atoms with van der Waals surface area (Å²) in [4.78, 5) is 11.9. The lowest BCUT2D eigenvalue weighted by Gasteiger charge is -2.17. The molecule has 2 heteroatoms. The van der Waals surface area contributed by atoms with Gasteiger partial charge in [0.2, 0.25) is 0 Å². The number of rotatable bonds is 4. The maximum absolute atomic E-state index is 10.6. The predicted molar refractivity (Wildman–Crippen MR) is 92.8 cm³/mol. The van der Waals surface area contributed by atoms with Crippen LogP contribution in [0.15, 0.2) is 53.4 Å². The van der Waals surface area contributed by atoms with E-state index in [-0.39, 0.29) is 4.75 Å². The van der Waals surface area contributed by atoms with Gasteiger partial charge in [-0.2, -0.15) is 0 Å². The third-order valence-electron chi connectivity index (χ3n) is 2.84. The van der Waals surface area contributed by atoms with E-state index in [4.69, 9.17) is 0 Å². The van der Waals surface area contributed by atoms with Crippen molar-refractivity contribution in [2.24, 2.45) is 0 Å². The minimum Gasteiger partial charge on any atom is -0.298 e. The Hall–Kier alpha value is -1.80. The lowest BCUT2D eigenvalue weighted by atomic mass is 10.1. The quantitative estimate of drug-likeness (QED) is 0.417. The van der Waals surface area contributed by atoms with Gasteiger partial charge in [-0.25, -0.2) is 0 Å². The van der Waals surface area contributed by atoms with Gasteiger partial charge in [0.1, 0.15) is 6.29 Å². The first-order chi connectivity index (χ1) is 9.96. The molecule has 0 aliphatic heterocycles. The summed E-state index contributed by atoms with van der Waals surface area (Å²) in [6.07, 6.45) is 5.00. The molecule has 0 atom stereocenters. The van der Waals surface area contributed by atoms with Crippen LogP contribution in [0.25, 0.3) is 12.2 Å².